The first-order chi connectivity index (χ1) is 22.3. The molecular formula is C42H25NOS. The molecule has 3 heteroatoms. The molecule has 45 heavy (non-hydrogen) atoms. The molecule has 0 aliphatic carbocycles. The van der Waals surface area contributed by atoms with Crippen LogP contribution in [-0.2, 0) is 0 Å². The van der Waals surface area contributed by atoms with E-state index < -0.39 is 0 Å². The maximum Gasteiger partial charge on any atom is 0.159 e. The molecule has 0 unspecified atom stereocenters. The van der Waals surface area contributed by atoms with Crippen molar-refractivity contribution in [3.05, 3.63) is 152 Å². The minimum Gasteiger partial charge on any atom is -0.454 e. The lowest BCUT2D eigenvalue weighted by molar-refractivity contribution is 0.666. The van der Waals surface area contributed by atoms with E-state index in [0.717, 1.165) is 27.6 Å². The van der Waals surface area contributed by atoms with Gasteiger partial charge in [-0.15, -0.1) is 11.3 Å². The summed E-state index contributed by atoms with van der Waals surface area (Å²) in [5.41, 5.74) is 10.0. The summed E-state index contributed by atoms with van der Waals surface area (Å²) < 4.78 is 11.8. The minimum atomic E-state index is 0.901. The summed E-state index contributed by atoms with van der Waals surface area (Å²) in [6.07, 6.45) is 0. The summed E-state index contributed by atoms with van der Waals surface area (Å²) in [4.78, 5) is 0. The highest BCUT2D eigenvalue weighted by atomic mass is 32.1. The Kier molecular flexibility index (Phi) is 5.19. The first-order valence-electron chi connectivity index (χ1n) is 15.3. The quantitative estimate of drug-likeness (QED) is 0.200. The number of hydrogen-bond acceptors (Lipinski definition) is 2. The van der Waals surface area contributed by atoms with Crippen molar-refractivity contribution >= 4 is 75.3 Å². The number of aromatic nitrogens is 1. The van der Waals surface area contributed by atoms with Gasteiger partial charge < -0.3 is 8.98 Å². The third kappa shape index (κ3) is 3.62. The number of furan rings is 1. The van der Waals surface area contributed by atoms with Crippen LogP contribution in [0, 0.1) is 0 Å². The highest BCUT2D eigenvalue weighted by Gasteiger charge is 2.20. The molecule has 0 saturated carbocycles. The molecule has 10 aromatic rings. The van der Waals surface area contributed by atoms with Gasteiger partial charge in [0.25, 0.3) is 0 Å². The van der Waals surface area contributed by atoms with Crippen molar-refractivity contribution in [3.8, 4) is 27.9 Å². The van der Waals surface area contributed by atoms with Gasteiger partial charge in [-0.2, -0.15) is 0 Å². The van der Waals surface area contributed by atoms with Gasteiger partial charge in [-0.1, -0.05) is 109 Å². The van der Waals surface area contributed by atoms with Crippen molar-refractivity contribution in [1.29, 1.82) is 0 Å². The molecule has 7 aromatic carbocycles. The lowest BCUT2D eigenvalue weighted by atomic mass is 9.98. The Morgan fingerprint density at radius 1 is 0.444 bits per heavy atom. The molecule has 2 nitrogen and oxygen atoms in total. The molecule has 0 fully saturated rings. The summed E-state index contributed by atoms with van der Waals surface area (Å²) in [7, 11) is 0. The SMILES string of the molecule is c1ccc(-c2ccc3c(c2)c2ccccc2n3-c2cccc3c2oc2cccc(-c4ccc5c(c4)sc4ccccc45)c23)cc1. The predicted molar refractivity (Wildman–Crippen MR) is 192 cm³/mol. The van der Waals surface area contributed by atoms with Crippen LogP contribution in [-0.4, -0.2) is 4.57 Å². The van der Waals surface area contributed by atoms with Crippen LogP contribution in [0.25, 0.3) is 91.9 Å². The van der Waals surface area contributed by atoms with Crippen molar-refractivity contribution in [3.63, 3.8) is 0 Å². The van der Waals surface area contributed by atoms with Crippen molar-refractivity contribution in [2.24, 2.45) is 0 Å². The number of nitrogens with zero attached hydrogens (tertiary/aromatic N) is 1. The fraction of sp³-hybridized carbons (Fsp3) is 0. The van der Waals surface area contributed by atoms with Gasteiger partial charge in [-0.05, 0) is 64.7 Å². The van der Waals surface area contributed by atoms with Crippen molar-refractivity contribution < 1.29 is 4.42 Å². The third-order valence-corrected chi connectivity index (χ3v) is 10.3. The molecule has 10 rings (SSSR count). The highest BCUT2D eigenvalue weighted by molar-refractivity contribution is 7.25. The van der Waals surface area contributed by atoms with Crippen LogP contribution < -0.4 is 0 Å². The average Bonchev–Trinajstić information content (AvgIpc) is 3.77. The second-order valence-corrected chi connectivity index (χ2v) is 12.8. The van der Waals surface area contributed by atoms with E-state index in [1.54, 1.807) is 0 Å². The lowest BCUT2D eigenvalue weighted by Crippen LogP contribution is -1.94. The van der Waals surface area contributed by atoms with Gasteiger partial charge in [-0.25, -0.2) is 0 Å². The molecule has 0 spiro atoms. The van der Waals surface area contributed by atoms with Crippen LogP contribution >= 0.6 is 11.3 Å². The van der Waals surface area contributed by atoms with Crippen LogP contribution in [0.15, 0.2) is 156 Å². The van der Waals surface area contributed by atoms with Gasteiger partial charge in [-0.3, -0.25) is 0 Å². The predicted octanol–water partition coefficient (Wildman–Crippen LogP) is 12.4. The number of benzene rings is 7. The summed E-state index contributed by atoms with van der Waals surface area (Å²) >= 11 is 1.86. The average molecular weight is 592 g/mol. The molecule has 0 N–H and O–H groups in total. The van der Waals surface area contributed by atoms with E-state index in [9.17, 15) is 0 Å². The van der Waals surface area contributed by atoms with E-state index in [0.29, 0.717) is 0 Å². The monoisotopic (exact) mass is 591 g/mol. The van der Waals surface area contributed by atoms with Gasteiger partial charge >= 0.3 is 0 Å². The Bertz CT molecular complexity index is 2760. The largest absolute Gasteiger partial charge is 0.454 e. The number of fused-ring (bicyclic) bond motifs is 9. The zero-order chi connectivity index (χ0) is 29.5. The summed E-state index contributed by atoms with van der Waals surface area (Å²) in [6, 6.07) is 54.6. The van der Waals surface area contributed by atoms with Crippen LogP contribution in [0.1, 0.15) is 0 Å². The van der Waals surface area contributed by atoms with E-state index in [4.69, 9.17) is 4.42 Å². The minimum absolute atomic E-state index is 0.901. The molecular weight excluding hydrogens is 567 g/mol. The molecule has 0 bridgehead atoms. The molecule has 0 atom stereocenters. The van der Waals surface area contributed by atoms with E-state index >= 15 is 0 Å². The topological polar surface area (TPSA) is 18.1 Å². The molecule has 0 amide bonds. The number of rotatable bonds is 3. The molecule has 210 valence electrons. The van der Waals surface area contributed by atoms with E-state index in [1.807, 2.05) is 11.3 Å². The van der Waals surface area contributed by atoms with Gasteiger partial charge in [0.15, 0.2) is 5.58 Å². The Balaban J connectivity index is 1.21. The highest BCUT2D eigenvalue weighted by Crippen LogP contribution is 2.43. The van der Waals surface area contributed by atoms with Gasteiger partial charge in [0.1, 0.15) is 5.58 Å². The third-order valence-electron chi connectivity index (χ3n) is 9.21. The first-order valence-corrected chi connectivity index (χ1v) is 16.1. The van der Waals surface area contributed by atoms with Crippen molar-refractivity contribution in [2.45, 2.75) is 0 Å². The maximum absolute atomic E-state index is 6.78. The number of para-hydroxylation sites is 2. The van der Waals surface area contributed by atoms with E-state index in [-0.39, 0.29) is 0 Å². The lowest BCUT2D eigenvalue weighted by Gasteiger charge is -2.09. The fourth-order valence-corrected chi connectivity index (χ4v) is 8.33. The molecule has 0 radical (unpaired) electrons. The second-order valence-electron chi connectivity index (χ2n) is 11.7. The number of thiophene rings is 1. The Morgan fingerprint density at radius 2 is 1.18 bits per heavy atom. The van der Waals surface area contributed by atoms with Gasteiger partial charge in [0, 0.05) is 41.7 Å². The van der Waals surface area contributed by atoms with Crippen molar-refractivity contribution in [1.82, 2.24) is 4.57 Å². The van der Waals surface area contributed by atoms with E-state index in [2.05, 4.69) is 156 Å². The first kappa shape index (κ1) is 24.8. The van der Waals surface area contributed by atoms with E-state index in [1.165, 1.54) is 64.2 Å². The standard InChI is InChI=1S/C42H25NOS/c1-2-10-26(11-3-1)27-21-23-36-34(24-27)30-12-4-6-16-35(30)43(36)37-17-8-15-33-41-29(14-9-18-38(41)44-42(33)37)28-20-22-32-31-13-5-7-19-39(31)45-40(32)25-28/h1-25H. The fourth-order valence-electron chi connectivity index (χ4n) is 7.19. The molecule has 0 aliphatic heterocycles. The number of hydrogen-bond donors (Lipinski definition) is 0. The van der Waals surface area contributed by atoms with Crippen LogP contribution in [0.3, 0.4) is 0 Å². The van der Waals surface area contributed by atoms with Crippen LogP contribution in [0.4, 0.5) is 0 Å². The summed E-state index contributed by atoms with van der Waals surface area (Å²) in [6.45, 7) is 0. The van der Waals surface area contributed by atoms with Gasteiger partial charge in [0.2, 0.25) is 0 Å². The molecule has 3 heterocycles. The second kappa shape index (κ2) is 9.43. The van der Waals surface area contributed by atoms with Crippen molar-refractivity contribution in [2.75, 3.05) is 0 Å². The Hall–Kier alpha value is -5.64. The van der Waals surface area contributed by atoms with Gasteiger partial charge in [0.05, 0.1) is 16.7 Å². The molecule has 3 aromatic heterocycles. The van der Waals surface area contributed by atoms with Crippen LogP contribution in [0.2, 0.25) is 0 Å². The smallest absolute Gasteiger partial charge is 0.159 e. The maximum atomic E-state index is 6.78. The Morgan fingerprint density at radius 3 is 2.11 bits per heavy atom. The molecule has 0 saturated heterocycles. The zero-order valence-electron chi connectivity index (χ0n) is 24.2. The summed E-state index contributed by atoms with van der Waals surface area (Å²) in [5.74, 6) is 0. The van der Waals surface area contributed by atoms with Crippen LogP contribution in [0.5, 0.6) is 0 Å². The Labute approximate surface area is 263 Å². The molecule has 0 aliphatic rings. The zero-order valence-corrected chi connectivity index (χ0v) is 25.0. The normalized spacial score (nSPS) is 12.0. The summed E-state index contributed by atoms with van der Waals surface area (Å²) in [5, 5.41) is 7.38.